The summed E-state index contributed by atoms with van der Waals surface area (Å²) in [6, 6.07) is 6.45. The first-order chi connectivity index (χ1) is 13.9. The van der Waals surface area contributed by atoms with E-state index in [0.717, 1.165) is 0 Å². The van der Waals surface area contributed by atoms with Crippen LogP contribution in [0.15, 0.2) is 47.5 Å². The van der Waals surface area contributed by atoms with Gasteiger partial charge in [-0.3, -0.25) is 4.99 Å². The van der Waals surface area contributed by atoms with Crippen molar-refractivity contribution in [2.45, 2.75) is 51.8 Å². The molecule has 0 spiro atoms. The Kier molecular flexibility index (Phi) is 7.66. The molecule has 0 saturated carbocycles. The van der Waals surface area contributed by atoms with E-state index in [1.807, 2.05) is 13.8 Å². The zero-order valence-electron chi connectivity index (χ0n) is 16.5. The number of alkyl halides is 7. The van der Waals surface area contributed by atoms with Crippen molar-refractivity contribution < 1.29 is 30.7 Å². The lowest BCUT2D eigenvalue weighted by Gasteiger charge is -2.21. The molecule has 0 radical (unpaired) electrons. The Morgan fingerprint density at radius 1 is 0.867 bits per heavy atom. The van der Waals surface area contributed by atoms with Gasteiger partial charge in [0.05, 0.1) is 17.2 Å². The van der Waals surface area contributed by atoms with Crippen LogP contribution in [0.2, 0.25) is 0 Å². The van der Waals surface area contributed by atoms with Crippen molar-refractivity contribution >= 4 is 6.21 Å². The van der Waals surface area contributed by atoms with Crippen LogP contribution in [0, 0.1) is 5.92 Å². The Labute approximate surface area is 170 Å². The first kappa shape index (κ1) is 23.9. The number of nitrogens with zero attached hydrogens (tertiary/aromatic N) is 1. The highest BCUT2D eigenvalue weighted by atomic mass is 19.4. The fourth-order valence-corrected chi connectivity index (χ4v) is 2.94. The average molecular weight is 433 g/mol. The summed E-state index contributed by atoms with van der Waals surface area (Å²) in [5.41, 5.74) is -1.84. The zero-order chi connectivity index (χ0) is 22.5. The number of halogens is 7. The summed E-state index contributed by atoms with van der Waals surface area (Å²) < 4.78 is 92.6. The van der Waals surface area contributed by atoms with Gasteiger partial charge in [0.25, 0.3) is 0 Å². The summed E-state index contributed by atoms with van der Waals surface area (Å²) in [5.74, 6) is 0.131. The van der Waals surface area contributed by atoms with E-state index in [0.29, 0.717) is 35.7 Å². The van der Waals surface area contributed by atoms with Crippen LogP contribution in [0.3, 0.4) is 0 Å². The highest BCUT2D eigenvalue weighted by Crippen LogP contribution is 2.41. The molecule has 0 heterocycles. The van der Waals surface area contributed by atoms with Crippen molar-refractivity contribution in [1.29, 1.82) is 0 Å². The van der Waals surface area contributed by atoms with Crippen molar-refractivity contribution in [1.82, 2.24) is 0 Å². The topological polar surface area (TPSA) is 12.4 Å². The average Bonchev–Trinajstić information content (AvgIpc) is 2.66. The molecule has 2 aromatic carbocycles. The summed E-state index contributed by atoms with van der Waals surface area (Å²) >= 11 is 0. The minimum atomic E-state index is -4.81. The van der Waals surface area contributed by atoms with E-state index in [1.165, 1.54) is 18.3 Å². The molecule has 1 unspecified atom stereocenters. The Bertz CT molecular complexity index is 849. The maximum atomic E-state index is 13.5. The second-order valence-electron chi connectivity index (χ2n) is 7.44. The second kappa shape index (κ2) is 9.62. The standard InChI is InChI=1S/C22H22F7N/c1-14(2)3-10-20(30-13-16-6-4-15(12-23)5-7-16)18-11-17(21(24,25)26)8-9-19(18)22(27,28)29/h4-9,11,13-14,20H,3,10,12H2,1-2H3. The third-order valence-corrected chi connectivity index (χ3v) is 4.60. The molecule has 0 aliphatic rings. The third-order valence-electron chi connectivity index (χ3n) is 4.60. The summed E-state index contributed by atoms with van der Waals surface area (Å²) in [4.78, 5) is 4.20. The van der Waals surface area contributed by atoms with E-state index in [2.05, 4.69) is 4.99 Å². The molecule has 0 aliphatic heterocycles. The molecule has 30 heavy (non-hydrogen) atoms. The largest absolute Gasteiger partial charge is 0.416 e. The Morgan fingerprint density at radius 2 is 1.50 bits per heavy atom. The van der Waals surface area contributed by atoms with Crippen molar-refractivity contribution in [2.75, 3.05) is 0 Å². The third kappa shape index (κ3) is 6.57. The molecule has 0 fully saturated rings. The molecule has 0 aromatic heterocycles. The maximum Gasteiger partial charge on any atom is 0.416 e. The van der Waals surface area contributed by atoms with Crippen LogP contribution in [-0.2, 0) is 19.0 Å². The van der Waals surface area contributed by atoms with E-state index < -0.39 is 41.8 Å². The minimum absolute atomic E-state index is 0.131. The first-order valence-corrected chi connectivity index (χ1v) is 9.38. The van der Waals surface area contributed by atoms with E-state index in [1.54, 1.807) is 12.1 Å². The number of aliphatic imine (C=N–C) groups is 1. The van der Waals surface area contributed by atoms with Gasteiger partial charge in [-0.2, -0.15) is 26.3 Å². The summed E-state index contributed by atoms with van der Waals surface area (Å²) in [5, 5.41) is 0. The molecule has 1 atom stereocenters. The monoisotopic (exact) mass is 433 g/mol. The lowest BCUT2D eigenvalue weighted by molar-refractivity contribution is -0.142. The minimum Gasteiger partial charge on any atom is -0.284 e. The molecule has 0 N–H and O–H groups in total. The highest BCUT2D eigenvalue weighted by Gasteiger charge is 2.38. The van der Waals surface area contributed by atoms with Crippen LogP contribution in [0.1, 0.15) is 60.5 Å². The zero-order valence-corrected chi connectivity index (χ0v) is 16.5. The molecular formula is C22H22F7N. The molecule has 0 aliphatic carbocycles. The number of hydrogen-bond donors (Lipinski definition) is 0. The highest BCUT2D eigenvalue weighted by molar-refractivity contribution is 5.79. The number of rotatable bonds is 7. The van der Waals surface area contributed by atoms with Gasteiger partial charge >= 0.3 is 12.4 Å². The van der Waals surface area contributed by atoms with Gasteiger partial charge in [0, 0.05) is 6.21 Å². The molecule has 0 bridgehead atoms. The summed E-state index contributed by atoms with van der Waals surface area (Å²) in [7, 11) is 0. The Morgan fingerprint density at radius 3 is 2.00 bits per heavy atom. The number of hydrogen-bond acceptors (Lipinski definition) is 1. The predicted octanol–water partition coefficient (Wildman–Crippen LogP) is 7.79. The van der Waals surface area contributed by atoms with Gasteiger partial charge in [-0.05, 0) is 53.6 Å². The number of benzene rings is 2. The van der Waals surface area contributed by atoms with Crippen molar-refractivity contribution in [3.63, 3.8) is 0 Å². The molecule has 8 heteroatoms. The molecule has 2 rings (SSSR count). The predicted molar refractivity (Wildman–Crippen MR) is 102 cm³/mol. The van der Waals surface area contributed by atoms with Crippen LogP contribution in [-0.4, -0.2) is 6.21 Å². The smallest absolute Gasteiger partial charge is 0.284 e. The van der Waals surface area contributed by atoms with Crippen LogP contribution in [0.25, 0.3) is 0 Å². The van der Waals surface area contributed by atoms with E-state index in [4.69, 9.17) is 0 Å². The van der Waals surface area contributed by atoms with E-state index >= 15 is 0 Å². The molecule has 0 amide bonds. The van der Waals surface area contributed by atoms with Crippen LogP contribution in [0.4, 0.5) is 30.7 Å². The van der Waals surface area contributed by atoms with Gasteiger partial charge in [-0.15, -0.1) is 0 Å². The van der Waals surface area contributed by atoms with Gasteiger partial charge in [0.2, 0.25) is 0 Å². The first-order valence-electron chi connectivity index (χ1n) is 9.38. The van der Waals surface area contributed by atoms with Gasteiger partial charge < -0.3 is 0 Å². The van der Waals surface area contributed by atoms with E-state index in [9.17, 15) is 30.7 Å². The quantitative estimate of drug-likeness (QED) is 0.312. The molecular weight excluding hydrogens is 411 g/mol. The van der Waals surface area contributed by atoms with Crippen molar-refractivity contribution in [3.8, 4) is 0 Å². The molecule has 0 saturated heterocycles. The normalized spacial score (nSPS) is 13.9. The van der Waals surface area contributed by atoms with Gasteiger partial charge in [0.15, 0.2) is 0 Å². The Hall–Kier alpha value is -2.38. The van der Waals surface area contributed by atoms with Crippen LogP contribution < -0.4 is 0 Å². The molecule has 164 valence electrons. The van der Waals surface area contributed by atoms with Crippen molar-refractivity contribution in [2.24, 2.45) is 10.9 Å². The summed E-state index contributed by atoms with van der Waals surface area (Å²) in [6.45, 7) is 3.08. The maximum absolute atomic E-state index is 13.5. The van der Waals surface area contributed by atoms with Crippen LogP contribution in [0.5, 0.6) is 0 Å². The van der Waals surface area contributed by atoms with Gasteiger partial charge in [-0.25, -0.2) is 4.39 Å². The fraction of sp³-hybridized carbons (Fsp3) is 0.409. The van der Waals surface area contributed by atoms with Crippen molar-refractivity contribution in [3.05, 3.63) is 70.3 Å². The van der Waals surface area contributed by atoms with E-state index in [-0.39, 0.29) is 12.3 Å². The summed E-state index contributed by atoms with van der Waals surface area (Å²) in [6.07, 6.45) is -7.63. The molecule has 2 aromatic rings. The van der Waals surface area contributed by atoms with Crippen LogP contribution >= 0.6 is 0 Å². The fourth-order valence-electron chi connectivity index (χ4n) is 2.94. The lowest BCUT2D eigenvalue weighted by atomic mass is 9.92. The molecule has 1 nitrogen and oxygen atoms in total. The van der Waals surface area contributed by atoms with Gasteiger partial charge in [0.1, 0.15) is 6.67 Å². The second-order valence-corrected chi connectivity index (χ2v) is 7.44. The van der Waals surface area contributed by atoms with Gasteiger partial charge in [-0.1, -0.05) is 38.1 Å². The Balaban J connectivity index is 2.51. The lowest BCUT2D eigenvalue weighted by Crippen LogP contribution is -2.15. The SMILES string of the molecule is CC(C)CCC(N=Cc1ccc(CF)cc1)c1cc(C(F)(F)F)ccc1C(F)(F)F.